The monoisotopic (exact) mass is 413 g/mol. The van der Waals surface area contributed by atoms with Gasteiger partial charge in [0.25, 0.3) is 5.24 Å². The van der Waals surface area contributed by atoms with Crippen molar-refractivity contribution in [2.45, 2.75) is 38.5 Å². The molecule has 0 atom stereocenters. The van der Waals surface area contributed by atoms with Gasteiger partial charge in [-0.1, -0.05) is 25.6 Å². The van der Waals surface area contributed by atoms with Gasteiger partial charge < -0.3 is 4.90 Å². The third-order valence-electron chi connectivity index (χ3n) is 5.40. The minimum atomic E-state index is -0.334. The van der Waals surface area contributed by atoms with Gasteiger partial charge in [0.1, 0.15) is 12.4 Å². The topological polar surface area (TPSA) is 96.4 Å². The average molecular weight is 414 g/mol. The van der Waals surface area contributed by atoms with Crippen LogP contribution in [0.4, 0.5) is 4.79 Å². The molecular formula is C20H23N5O3S. The summed E-state index contributed by atoms with van der Waals surface area (Å²) in [5.74, 6) is 0.871. The number of carbonyl (C=O) groups is 3. The van der Waals surface area contributed by atoms with E-state index in [2.05, 4.69) is 23.8 Å². The highest BCUT2D eigenvalue weighted by Crippen LogP contribution is 2.32. The van der Waals surface area contributed by atoms with E-state index >= 15 is 0 Å². The Morgan fingerprint density at radius 3 is 2.66 bits per heavy atom. The van der Waals surface area contributed by atoms with Crippen LogP contribution in [0.1, 0.15) is 50.0 Å². The molecule has 0 unspecified atom stereocenters. The number of hydrogen-bond donors (Lipinski definition) is 0. The van der Waals surface area contributed by atoms with Crippen molar-refractivity contribution in [3.8, 4) is 0 Å². The molecule has 2 aliphatic heterocycles. The largest absolute Gasteiger partial charge is 0.341 e. The molecule has 2 saturated heterocycles. The van der Waals surface area contributed by atoms with E-state index < -0.39 is 0 Å². The Bertz CT molecular complexity index is 956. The van der Waals surface area contributed by atoms with Crippen molar-refractivity contribution in [2.75, 3.05) is 25.4 Å². The summed E-state index contributed by atoms with van der Waals surface area (Å²) < 4.78 is 0. The first-order valence-corrected chi connectivity index (χ1v) is 10.8. The molecule has 2 aromatic rings. The Hall–Kier alpha value is -2.55. The maximum Gasteiger partial charge on any atom is 0.289 e. The van der Waals surface area contributed by atoms with E-state index in [0.29, 0.717) is 18.7 Å². The van der Waals surface area contributed by atoms with Crippen LogP contribution < -0.4 is 0 Å². The number of amides is 3. The Labute approximate surface area is 173 Å². The van der Waals surface area contributed by atoms with Gasteiger partial charge >= 0.3 is 0 Å². The van der Waals surface area contributed by atoms with E-state index in [1.54, 1.807) is 11.1 Å². The first-order chi connectivity index (χ1) is 13.9. The fourth-order valence-corrected chi connectivity index (χ4v) is 4.47. The summed E-state index contributed by atoms with van der Waals surface area (Å²) >= 11 is 0.951. The molecule has 29 heavy (non-hydrogen) atoms. The van der Waals surface area contributed by atoms with Crippen molar-refractivity contribution < 1.29 is 14.4 Å². The van der Waals surface area contributed by atoms with Crippen LogP contribution in [-0.2, 0) is 9.59 Å². The summed E-state index contributed by atoms with van der Waals surface area (Å²) in [6, 6.07) is 3.90. The van der Waals surface area contributed by atoms with E-state index in [1.165, 1.54) is 0 Å². The summed E-state index contributed by atoms with van der Waals surface area (Å²) in [4.78, 5) is 52.7. The van der Waals surface area contributed by atoms with E-state index in [4.69, 9.17) is 4.98 Å². The Morgan fingerprint density at radius 2 is 2.00 bits per heavy atom. The average Bonchev–Trinajstić information content (AvgIpc) is 3.05. The highest BCUT2D eigenvalue weighted by molar-refractivity contribution is 8.14. The van der Waals surface area contributed by atoms with Crippen LogP contribution in [0, 0.1) is 0 Å². The van der Waals surface area contributed by atoms with E-state index in [1.807, 2.05) is 12.1 Å². The Kier molecular flexibility index (Phi) is 5.49. The fourth-order valence-electron chi connectivity index (χ4n) is 3.74. The van der Waals surface area contributed by atoms with Gasteiger partial charge in [-0.25, -0.2) is 15.0 Å². The SMILES string of the molecule is CC(C)c1nc(C2CCN(C(=O)CN3C(=O)CSC3=O)CC2)c2cccnc2n1. The molecule has 8 nitrogen and oxygen atoms in total. The zero-order valence-corrected chi connectivity index (χ0v) is 17.3. The van der Waals surface area contributed by atoms with Gasteiger partial charge in [0.05, 0.1) is 11.4 Å². The Morgan fingerprint density at radius 1 is 1.24 bits per heavy atom. The van der Waals surface area contributed by atoms with E-state index in [9.17, 15) is 14.4 Å². The molecule has 2 aromatic heterocycles. The minimum absolute atomic E-state index is 0.126. The lowest BCUT2D eigenvalue weighted by molar-refractivity contribution is -0.137. The third-order valence-corrected chi connectivity index (χ3v) is 6.26. The molecule has 0 aromatic carbocycles. The number of pyridine rings is 1. The van der Waals surface area contributed by atoms with Crippen molar-refractivity contribution in [3.63, 3.8) is 0 Å². The lowest BCUT2D eigenvalue weighted by Crippen LogP contribution is -2.45. The van der Waals surface area contributed by atoms with Gasteiger partial charge in [0.2, 0.25) is 11.8 Å². The van der Waals surface area contributed by atoms with Crippen LogP contribution in [0.5, 0.6) is 0 Å². The van der Waals surface area contributed by atoms with Crippen molar-refractivity contribution in [1.29, 1.82) is 0 Å². The predicted octanol–water partition coefficient (Wildman–Crippen LogP) is 2.55. The molecule has 0 spiro atoms. The Balaban J connectivity index is 1.48. The second-order valence-corrected chi connectivity index (χ2v) is 8.61. The van der Waals surface area contributed by atoms with Crippen molar-refractivity contribution in [3.05, 3.63) is 29.8 Å². The minimum Gasteiger partial charge on any atom is -0.341 e. The molecule has 2 fully saturated rings. The van der Waals surface area contributed by atoms with Gasteiger partial charge in [0, 0.05) is 36.5 Å². The van der Waals surface area contributed by atoms with Crippen molar-refractivity contribution >= 4 is 39.8 Å². The molecule has 0 radical (unpaired) electrons. The van der Waals surface area contributed by atoms with Crippen LogP contribution in [0.2, 0.25) is 0 Å². The number of aromatic nitrogens is 3. The number of thioether (sulfide) groups is 1. The summed E-state index contributed by atoms with van der Waals surface area (Å²) in [6.45, 7) is 5.13. The number of imide groups is 1. The fraction of sp³-hybridized carbons (Fsp3) is 0.500. The van der Waals surface area contributed by atoms with Gasteiger partial charge in [0.15, 0.2) is 5.65 Å². The maximum atomic E-state index is 12.6. The molecule has 9 heteroatoms. The number of piperidine rings is 1. The second-order valence-electron chi connectivity index (χ2n) is 7.69. The van der Waals surface area contributed by atoms with E-state index in [0.717, 1.165) is 46.4 Å². The zero-order valence-electron chi connectivity index (χ0n) is 16.5. The van der Waals surface area contributed by atoms with Gasteiger partial charge in [-0.15, -0.1) is 0 Å². The quantitative estimate of drug-likeness (QED) is 0.760. The van der Waals surface area contributed by atoms with Crippen molar-refractivity contribution in [2.24, 2.45) is 0 Å². The lowest BCUT2D eigenvalue weighted by Gasteiger charge is -2.33. The lowest BCUT2D eigenvalue weighted by atomic mass is 9.91. The molecule has 4 heterocycles. The van der Waals surface area contributed by atoms with Crippen LogP contribution >= 0.6 is 11.8 Å². The number of likely N-dealkylation sites (tertiary alicyclic amines) is 1. The third kappa shape index (κ3) is 3.96. The van der Waals surface area contributed by atoms with Crippen LogP contribution in [0.15, 0.2) is 18.3 Å². The zero-order chi connectivity index (χ0) is 20.5. The highest BCUT2D eigenvalue weighted by atomic mass is 32.2. The standard InChI is InChI=1S/C20H23N5O3S/c1-12(2)18-22-17(14-4-3-7-21-19(14)23-18)13-5-8-24(9-6-13)15(26)10-25-16(27)11-29-20(25)28/h3-4,7,12-13H,5-6,8-11H2,1-2H3. The highest BCUT2D eigenvalue weighted by Gasteiger charge is 2.34. The molecule has 0 bridgehead atoms. The molecule has 4 rings (SSSR count). The molecular weight excluding hydrogens is 390 g/mol. The van der Waals surface area contributed by atoms with Crippen LogP contribution in [-0.4, -0.2) is 67.2 Å². The summed E-state index contributed by atoms with van der Waals surface area (Å²) in [5.41, 5.74) is 1.71. The van der Waals surface area contributed by atoms with Gasteiger partial charge in [-0.3, -0.25) is 19.3 Å². The molecule has 0 aliphatic carbocycles. The summed E-state index contributed by atoms with van der Waals surface area (Å²) in [6.07, 6.45) is 3.30. The van der Waals surface area contributed by atoms with E-state index in [-0.39, 0.29) is 41.2 Å². The number of hydrogen-bond acceptors (Lipinski definition) is 7. The smallest absolute Gasteiger partial charge is 0.289 e. The number of carbonyl (C=O) groups excluding carboxylic acids is 3. The van der Waals surface area contributed by atoms with Crippen LogP contribution in [0.25, 0.3) is 11.0 Å². The molecule has 0 N–H and O–H groups in total. The maximum absolute atomic E-state index is 12.6. The predicted molar refractivity (Wildman–Crippen MR) is 110 cm³/mol. The summed E-state index contributed by atoms with van der Waals surface area (Å²) in [5, 5.41) is 0.631. The van der Waals surface area contributed by atoms with Crippen LogP contribution in [0.3, 0.4) is 0 Å². The molecule has 152 valence electrons. The number of fused-ring (bicyclic) bond motifs is 1. The molecule has 0 saturated carbocycles. The second kappa shape index (κ2) is 8.06. The molecule has 2 aliphatic rings. The van der Waals surface area contributed by atoms with Crippen molar-refractivity contribution in [1.82, 2.24) is 24.8 Å². The van der Waals surface area contributed by atoms with Gasteiger partial charge in [-0.05, 0) is 25.0 Å². The molecule has 3 amide bonds. The van der Waals surface area contributed by atoms with Gasteiger partial charge in [-0.2, -0.15) is 0 Å². The first-order valence-electron chi connectivity index (χ1n) is 9.81. The normalized spacial score (nSPS) is 18.3. The number of nitrogens with zero attached hydrogens (tertiary/aromatic N) is 5. The number of rotatable bonds is 4. The first kappa shape index (κ1) is 19.8. The summed E-state index contributed by atoms with van der Waals surface area (Å²) in [7, 11) is 0.